The highest BCUT2D eigenvalue weighted by molar-refractivity contribution is 7.99. The van der Waals surface area contributed by atoms with E-state index in [1.807, 2.05) is 18.2 Å². The van der Waals surface area contributed by atoms with Crippen molar-refractivity contribution in [2.45, 2.75) is 17.7 Å². The first-order valence-electron chi connectivity index (χ1n) is 6.33. The Morgan fingerprint density at radius 2 is 2.00 bits per heavy atom. The van der Waals surface area contributed by atoms with E-state index in [0.717, 1.165) is 12.2 Å². The standard InChI is InChI=1S/C15H15ClN2OS/c16-12-8-9-14(17-11-12)18-15(19)7-4-10-20-13-5-2-1-3-6-13/h1-3,5-6,8-9,11H,4,7,10H2,(H,17,18,19). The van der Waals surface area contributed by atoms with Gasteiger partial charge in [-0.15, -0.1) is 11.8 Å². The molecule has 5 heteroatoms. The van der Waals surface area contributed by atoms with E-state index in [-0.39, 0.29) is 5.91 Å². The van der Waals surface area contributed by atoms with Gasteiger partial charge in [0.25, 0.3) is 0 Å². The van der Waals surface area contributed by atoms with E-state index in [2.05, 4.69) is 22.4 Å². The zero-order valence-electron chi connectivity index (χ0n) is 10.9. The zero-order valence-corrected chi connectivity index (χ0v) is 12.5. The van der Waals surface area contributed by atoms with Crippen LogP contribution in [0.4, 0.5) is 5.82 Å². The van der Waals surface area contributed by atoms with Crippen LogP contribution >= 0.6 is 23.4 Å². The highest BCUT2D eigenvalue weighted by Crippen LogP contribution is 2.18. The Hall–Kier alpha value is -1.52. The van der Waals surface area contributed by atoms with E-state index < -0.39 is 0 Å². The average molecular weight is 307 g/mol. The Morgan fingerprint density at radius 3 is 2.70 bits per heavy atom. The number of pyridine rings is 1. The minimum atomic E-state index is -0.0199. The van der Waals surface area contributed by atoms with Crippen LogP contribution in [0.15, 0.2) is 53.6 Å². The molecule has 1 N–H and O–H groups in total. The summed E-state index contributed by atoms with van der Waals surface area (Å²) in [5, 5.41) is 3.31. The van der Waals surface area contributed by atoms with Crippen LogP contribution in [0.1, 0.15) is 12.8 Å². The van der Waals surface area contributed by atoms with Crippen molar-refractivity contribution in [3.63, 3.8) is 0 Å². The summed E-state index contributed by atoms with van der Waals surface area (Å²) in [5.41, 5.74) is 0. The minimum absolute atomic E-state index is 0.0199. The SMILES string of the molecule is O=C(CCCSc1ccccc1)Nc1ccc(Cl)cn1. The van der Waals surface area contributed by atoms with E-state index in [4.69, 9.17) is 11.6 Å². The Balaban J connectivity index is 1.66. The number of nitrogens with zero attached hydrogens (tertiary/aromatic N) is 1. The van der Waals surface area contributed by atoms with Crippen molar-refractivity contribution < 1.29 is 4.79 Å². The molecule has 0 fully saturated rings. The highest BCUT2D eigenvalue weighted by Gasteiger charge is 2.03. The summed E-state index contributed by atoms with van der Waals surface area (Å²) in [4.78, 5) is 17.0. The van der Waals surface area contributed by atoms with Gasteiger partial charge in [-0.2, -0.15) is 0 Å². The van der Waals surface area contributed by atoms with Gasteiger partial charge in [0, 0.05) is 17.5 Å². The van der Waals surface area contributed by atoms with Crippen molar-refractivity contribution in [1.29, 1.82) is 0 Å². The molecule has 0 saturated carbocycles. The lowest BCUT2D eigenvalue weighted by Gasteiger charge is -2.04. The summed E-state index contributed by atoms with van der Waals surface area (Å²) in [6.07, 6.45) is 2.84. The van der Waals surface area contributed by atoms with Gasteiger partial charge in [-0.05, 0) is 36.4 Å². The van der Waals surface area contributed by atoms with E-state index >= 15 is 0 Å². The third kappa shape index (κ3) is 5.23. The number of thioether (sulfide) groups is 1. The molecule has 0 atom stereocenters. The van der Waals surface area contributed by atoms with Crippen molar-refractivity contribution in [1.82, 2.24) is 4.98 Å². The molecule has 1 heterocycles. The number of carbonyl (C=O) groups excluding carboxylic acids is 1. The lowest BCUT2D eigenvalue weighted by atomic mass is 10.3. The number of aromatic nitrogens is 1. The van der Waals surface area contributed by atoms with Gasteiger partial charge >= 0.3 is 0 Å². The fourth-order valence-corrected chi connectivity index (χ4v) is 2.58. The van der Waals surface area contributed by atoms with Crippen LogP contribution in [0.5, 0.6) is 0 Å². The number of anilines is 1. The van der Waals surface area contributed by atoms with Crippen LogP contribution < -0.4 is 5.32 Å². The predicted octanol–water partition coefficient (Wildman–Crippen LogP) is 4.25. The van der Waals surface area contributed by atoms with E-state index in [1.165, 1.54) is 11.1 Å². The van der Waals surface area contributed by atoms with Crippen LogP contribution in [-0.4, -0.2) is 16.6 Å². The molecule has 1 aromatic carbocycles. The van der Waals surface area contributed by atoms with Crippen LogP contribution in [0.25, 0.3) is 0 Å². The number of hydrogen-bond donors (Lipinski definition) is 1. The second-order valence-electron chi connectivity index (χ2n) is 4.17. The van der Waals surface area contributed by atoms with Gasteiger partial charge in [-0.3, -0.25) is 4.79 Å². The summed E-state index contributed by atoms with van der Waals surface area (Å²) in [6, 6.07) is 13.6. The lowest BCUT2D eigenvalue weighted by Crippen LogP contribution is -2.12. The Morgan fingerprint density at radius 1 is 1.20 bits per heavy atom. The first-order chi connectivity index (χ1) is 9.74. The van der Waals surface area contributed by atoms with Crippen LogP contribution in [0, 0.1) is 0 Å². The normalized spacial score (nSPS) is 10.2. The summed E-state index contributed by atoms with van der Waals surface area (Å²) >= 11 is 7.49. The molecule has 1 amide bonds. The van der Waals surface area contributed by atoms with Crippen LogP contribution in [0.2, 0.25) is 5.02 Å². The summed E-state index contributed by atoms with van der Waals surface area (Å²) in [6.45, 7) is 0. The maximum absolute atomic E-state index is 11.7. The quantitative estimate of drug-likeness (QED) is 0.641. The Bertz CT molecular complexity index is 546. The molecular formula is C15H15ClN2OS. The maximum atomic E-state index is 11.7. The monoisotopic (exact) mass is 306 g/mol. The molecule has 104 valence electrons. The van der Waals surface area contributed by atoms with Crippen LogP contribution in [0.3, 0.4) is 0 Å². The number of nitrogens with one attached hydrogen (secondary N) is 1. The van der Waals surface area contributed by atoms with Gasteiger partial charge in [0.05, 0.1) is 5.02 Å². The minimum Gasteiger partial charge on any atom is -0.311 e. The summed E-state index contributed by atoms with van der Waals surface area (Å²) in [5.74, 6) is 1.44. The first kappa shape index (κ1) is 14.9. The average Bonchev–Trinajstić information content (AvgIpc) is 2.47. The number of amides is 1. The van der Waals surface area contributed by atoms with Crippen molar-refractivity contribution in [2.75, 3.05) is 11.1 Å². The third-order valence-corrected chi connectivity index (χ3v) is 3.88. The first-order valence-corrected chi connectivity index (χ1v) is 7.69. The molecule has 0 aliphatic heterocycles. The van der Waals surface area contributed by atoms with Gasteiger partial charge in [0.15, 0.2) is 0 Å². The Kier molecular flexibility index (Phi) is 5.89. The molecule has 0 aliphatic rings. The van der Waals surface area contributed by atoms with Crippen molar-refractivity contribution in [3.8, 4) is 0 Å². The fraction of sp³-hybridized carbons (Fsp3) is 0.200. The second-order valence-corrected chi connectivity index (χ2v) is 5.78. The Labute approximate surface area is 127 Å². The van der Waals surface area contributed by atoms with Gasteiger partial charge in [-0.25, -0.2) is 4.98 Å². The summed E-state index contributed by atoms with van der Waals surface area (Å²) < 4.78 is 0. The van der Waals surface area contributed by atoms with E-state index in [9.17, 15) is 4.79 Å². The molecular weight excluding hydrogens is 292 g/mol. The van der Waals surface area contributed by atoms with Gasteiger partial charge < -0.3 is 5.32 Å². The molecule has 0 saturated heterocycles. The molecule has 3 nitrogen and oxygen atoms in total. The maximum Gasteiger partial charge on any atom is 0.225 e. The van der Waals surface area contributed by atoms with Crippen molar-refractivity contribution >= 4 is 35.1 Å². The number of halogens is 1. The topological polar surface area (TPSA) is 42.0 Å². The molecule has 0 unspecified atom stereocenters. The molecule has 0 radical (unpaired) electrons. The molecule has 0 aliphatic carbocycles. The lowest BCUT2D eigenvalue weighted by molar-refractivity contribution is -0.116. The fourth-order valence-electron chi connectivity index (χ4n) is 1.59. The third-order valence-electron chi connectivity index (χ3n) is 2.55. The molecule has 2 aromatic rings. The second kappa shape index (κ2) is 7.92. The molecule has 0 spiro atoms. The van der Waals surface area contributed by atoms with E-state index in [0.29, 0.717) is 17.3 Å². The van der Waals surface area contributed by atoms with Crippen LogP contribution in [-0.2, 0) is 4.79 Å². The summed E-state index contributed by atoms with van der Waals surface area (Å²) in [7, 11) is 0. The highest BCUT2D eigenvalue weighted by atomic mass is 35.5. The zero-order chi connectivity index (χ0) is 14.2. The van der Waals surface area contributed by atoms with Gasteiger partial charge in [0.2, 0.25) is 5.91 Å². The van der Waals surface area contributed by atoms with Gasteiger partial charge in [0.1, 0.15) is 5.82 Å². The largest absolute Gasteiger partial charge is 0.311 e. The van der Waals surface area contributed by atoms with Crippen molar-refractivity contribution in [3.05, 3.63) is 53.7 Å². The van der Waals surface area contributed by atoms with Crippen molar-refractivity contribution in [2.24, 2.45) is 0 Å². The number of benzene rings is 1. The molecule has 2 rings (SSSR count). The molecule has 20 heavy (non-hydrogen) atoms. The number of hydrogen-bond acceptors (Lipinski definition) is 3. The van der Waals surface area contributed by atoms with Gasteiger partial charge in [-0.1, -0.05) is 29.8 Å². The number of rotatable bonds is 6. The number of carbonyl (C=O) groups is 1. The van der Waals surface area contributed by atoms with E-state index in [1.54, 1.807) is 23.9 Å². The smallest absolute Gasteiger partial charge is 0.225 e. The molecule has 1 aromatic heterocycles. The molecule has 0 bridgehead atoms. The predicted molar refractivity (Wildman–Crippen MR) is 84.3 cm³/mol.